The molecule has 2 atom stereocenters. The number of carbonyl (C=O) groups excluding carboxylic acids is 1. The molecule has 2 aliphatic rings. The lowest BCUT2D eigenvalue weighted by atomic mass is 9.82. The molecule has 158 valence electrons. The van der Waals surface area contributed by atoms with E-state index in [9.17, 15) is 9.90 Å². The number of nitrogen functional groups attached to an aromatic ring is 1. The Bertz CT molecular complexity index is 839. The summed E-state index contributed by atoms with van der Waals surface area (Å²) >= 11 is 3.41. The normalized spacial score (nSPS) is 22.1. The highest BCUT2D eigenvalue weighted by atomic mass is 79.9. The van der Waals surface area contributed by atoms with Crippen molar-refractivity contribution in [2.24, 2.45) is 5.92 Å². The molecule has 2 aromatic rings. The van der Waals surface area contributed by atoms with Crippen molar-refractivity contribution in [3.63, 3.8) is 0 Å². The molecule has 1 aliphatic heterocycles. The van der Waals surface area contributed by atoms with E-state index >= 15 is 0 Å². The maximum atomic E-state index is 12.8. The molecule has 0 spiro atoms. The lowest BCUT2D eigenvalue weighted by Gasteiger charge is -2.42. The molecule has 2 aromatic carbocycles. The Labute approximate surface area is 192 Å². The fraction of sp³-hybridized carbons (Fsp3) is 0.409. The van der Waals surface area contributed by atoms with Gasteiger partial charge in [0.15, 0.2) is 5.78 Å². The van der Waals surface area contributed by atoms with Crippen LogP contribution in [-0.2, 0) is 12.8 Å². The van der Waals surface area contributed by atoms with Gasteiger partial charge in [-0.1, -0.05) is 40.2 Å². The summed E-state index contributed by atoms with van der Waals surface area (Å²) in [5.74, 6) is 0.307. The highest BCUT2D eigenvalue weighted by Crippen LogP contribution is 2.32. The third-order valence-corrected chi connectivity index (χ3v) is 6.62. The minimum atomic E-state index is -0.377. The number of likely N-dealkylation sites (tertiary alicyclic amines) is 1. The molecule has 1 aliphatic carbocycles. The molecule has 1 fully saturated rings. The van der Waals surface area contributed by atoms with Crippen molar-refractivity contribution in [3.05, 3.63) is 63.6 Å². The van der Waals surface area contributed by atoms with E-state index < -0.39 is 0 Å². The molecule has 4 nitrogen and oxygen atoms in total. The lowest BCUT2D eigenvalue weighted by molar-refractivity contribution is 0.0241. The minimum Gasteiger partial charge on any atom is -0.398 e. The number of carbonyl (C=O) groups is 1. The molecule has 1 saturated heterocycles. The molecule has 0 saturated carbocycles. The molecular formula is C22H27BrCl2N2O2. The van der Waals surface area contributed by atoms with Gasteiger partial charge < -0.3 is 10.8 Å². The summed E-state index contributed by atoms with van der Waals surface area (Å²) < 4.78 is 0.986. The molecule has 0 bridgehead atoms. The number of nitrogens with two attached hydrogens (primary N) is 1. The summed E-state index contributed by atoms with van der Waals surface area (Å²) in [5.41, 5.74) is 10.1. The van der Waals surface area contributed by atoms with Crippen molar-refractivity contribution in [3.8, 4) is 0 Å². The summed E-state index contributed by atoms with van der Waals surface area (Å²) in [6.45, 7) is 1.69. The van der Waals surface area contributed by atoms with Gasteiger partial charge in [-0.15, -0.1) is 24.8 Å². The van der Waals surface area contributed by atoms with E-state index in [2.05, 4.69) is 26.9 Å². The summed E-state index contributed by atoms with van der Waals surface area (Å²) in [5, 5.41) is 10.7. The van der Waals surface area contributed by atoms with Crippen LogP contribution in [0.4, 0.5) is 5.69 Å². The summed E-state index contributed by atoms with van der Waals surface area (Å²) in [6.07, 6.45) is 2.75. The van der Waals surface area contributed by atoms with E-state index in [1.54, 1.807) is 0 Å². The van der Waals surface area contributed by atoms with Gasteiger partial charge in [0, 0.05) is 34.1 Å². The van der Waals surface area contributed by atoms with Gasteiger partial charge in [0.05, 0.1) is 6.10 Å². The van der Waals surface area contributed by atoms with Gasteiger partial charge in [0.1, 0.15) is 0 Å². The SMILES string of the molecule is Cl.Cl.Nc1cccc2c1C[C@@H](N1CCC(C(=O)c3ccc(Br)cc3)CC1)[C@H](O)C2. The average Bonchev–Trinajstić information content (AvgIpc) is 2.68. The van der Waals surface area contributed by atoms with E-state index in [0.29, 0.717) is 6.42 Å². The first-order chi connectivity index (χ1) is 13.0. The largest absolute Gasteiger partial charge is 0.398 e. The molecule has 0 aromatic heterocycles. The quantitative estimate of drug-likeness (QED) is 0.486. The highest BCUT2D eigenvalue weighted by molar-refractivity contribution is 9.10. The Morgan fingerprint density at radius 3 is 2.34 bits per heavy atom. The smallest absolute Gasteiger partial charge is 0.166 e. The Morgan fingerprint density at radius 2 is 1.69 bits per heavy atom. The molecule has 0 unspecified atom stereocenters. The number of anilines is 1. The Hall–Kier alpha value is -1.11. The van der Waals surface area contributed by atoms with E-state index in [1.807, 2.05) is 36.4 Å². The van der Waals surface area contributed by atoms with Crippen LogP contribution >= 0.6 is 40.7 Å². The zero-order chi connectivity index (χ0) is 19.0. The maximum Gasteiger partial charge on any atom is 0.166 e. The Balaban J connectivity index is 0.00000150. The number of benzene rings is 2. The molecule has 29 heavy (non-hydrogen) atoms. The van der Waals surface area contributed by atoms with Gasteiger partial charge in [0.25, 0.3) is 0 Å². The highest BCUT2D eigenvalue weighted by Gasteiger charge is 2.35. The number of hydrogen-bond donors (Lipinski definition) is 2. The van der Waals surface area contributed by atoms with Crippen LogP contribution in [-0.4, -0.2) is 41.0 Å². The van der Waals surface area contributed by atoms with E-state index in [1.165, 1.54) is 11.1 Å². The van der Waals surface area contributed by atoms with Crippen LogP contribution in [0.3, 0.4) is 0 Å². The summed E-state index contributed by atoms with van der Waals surface area (Å²) in [4.78, 5) is 15.1. The van der Waals surface area contributed by atoms with Gasteiger partial charge in [-0.05, 0) is 61.7 Å². The zero-order valence-corrected chi connectivity index (χ0v) is 19.3. The Kier molecular flexibility index (Phi) is 8.56. The van der Waals surface area contributed by atoms with E-state index in [0.717, 1.165) is 48.1 Å². The third-order valence-electron chi connectivity index (χ3n) is 6.09. The monoisotopic (exact) mass is 500 g/mol. The second kappa shape index (κ2) is 10.3. The van der Waals surface area contributed by atoms with Crippen molar-refractivity contribution in [2.75, 3.05) is 18.8 Å². The first kappa shape index (κ1) is 24.2. The van der Waals surface area contributed by atoms with Gasteiger partial charge >= 0.3 is 0 Å². The van der Waals surface area contributed by atoms with Gasteiger partial charge in [-0.2, -0.15) is 0 Å². The zero-order valence-electron chi connectivity index (χ0n) is 16.1. The van der Waals surface area contributed by atoms with Crippen molar-refractivity contribution < 1.29 is 9.90 Å². The maximum absolute atomic E-state index is 12.8. The third kappa shape index (κ3) is 5.15. The molecular weight excluding hydrogens is 475 g/mol. The number of ketones is 1. The number of piperidine rings is 1. The molecule has 0 radical (unpaired) electrons. The van der Waals surface area contributed by atoms with Crippen LogP contribution in [0, 0.1) is 5.92 Å². The first-order valence-corrected chi connectivity index (χ1v) is 10.4. The number of aliphatic hydroxyl groups is 1. The number of hydrogen-bond acceptors (Lipinski definition) is 4. The van der Waals surface area contributed by atoms with Crippen molar-refractivity contribution in [1.82, 2.24) is 4.90 Å². The van der Waals surface area contributed by atoms with Crippen molar-refractivity contribution in [1.29, 1.82) is 0 Å². The molecule has 7 heteroatoms. The standard InChI is InChI=1S/C22H25BrN2O2.2ClH/c23-17-6-4-14(5-7-17)22(27)15-8-10-25(11-9-15)20-13-18-16(12-21(20)26)2-1-3-19(18)24;;/h1-7,15,20-21,26H,8-13,24H2;2*1H/t20-,21-;;/m1../s1. The first-order valence-electron chi connectivity index (χ1n) is 9.61. The predicted octanol–water partition coefficient (Wildman–Crippen LogP) is 4.30. The fourth-order valence-electron chi connectivity index (χ4n) is 4.52. The van der Waals surface area contributed by atoms with Crippen LogP contribution in [0.25, 0.3) is 0 Å². The lowest BCUT2D eigenvalue weighted by Crippen LogP contribution is -2.51. The number of nitrogens with zero attached hydrogens (tertiary/aromatic N) is 1. The number of halogens is 3. The van der Waals surface area contributed by atoms with E-state index in [4.69, 9.17) is 5.73 Å². The number of aliphatic hydroxyl groups excluding tert-OH is 1. The van der Waals surface area contributed by atoms with Gasteiger partial charge in [-0.25, -0.2) is 0 Å². The number of Topliss-reactive ketones (excluding diaryl/α,β-unsaturated/α-hetero) is 1. The Morgan fingerprint density at radius 1 is 1.03 bits per heavy atom. The van der Waals surface area contributed by atoms with Gasteiger partial charge in [-0.3, -0.25) is 9.69 Å². The minimum absolute atomic E-state index is 0. The van der Waals surface area contributed by atoms with Crippen LogP contribution in [0.2, 0.25) is 0 Å². The van der Waals surface area contributed by atoms with Crippen LogP contribution in [0.1, 0.15) is 34.3 Å². The average molecular weight is 502 g/mol. The van der Waals surface area contributed by atoms with Crippen molar-refractivity contribution >= 4 is 52.2 Å². The predicted molar refractivity (Wildman–Crippen MR) is 125 cm³/mol. The van der Waals surface area contributed by atoms with Crippen LogP contribution in [0.15, 0.2) is 46.9 Å². The van der Waals surface area contributed by atoms with E-state index in [-0.39, 0.29) is 48.7 Å². The van der Waals surface area contributed by atoms with Gasteiger partial charge in [0.2, 0.25) is 0 Å². The molecule has 4 rings (SSSR count). The van der Waals surface area contributed by atoms with Crippen LogP contribution < -0.4 is 5.73 Å². The fourth-order valence-corrected chi connectivity index (χ4v) is 4.78. The molecule has 3 N–H and O–H groups in total. The summed E-state index contributed by atoms with van der Waals surface area (Å²) in [7, 11) is 0. The topological polar surface area (TPSA) is 66.6 Å². The van der Waals surface area contributed by atoms with Crippen LogP contribution in [0.5, 0.6) is 0 Å². The number of fused-ring (bicyclic) bond motifs is 1. The second-order valence-corrected chi connectivity index (χ2v) is 8.62. The molecule has 1 heterocycles. The second-order valence-electron chi connectivity index (χ2n) is 7.71. The molecule has 0 amide bonds. The number of rotatable bonds is 3. The van der Waals surface area contributed by atoms with Crippen molar-refractivity contribution in [2.45, 2.75) is 37.8 Å². The summed E-state index contributed by atoms with van der Waals surface area (Å²) in [6, 6.07) is 13.7.